The predicted octanol–water partition coefficient (Wildman–Crippen LogP) is 1.79. The van der Waals surface area contributed by atoms with Gasteiger partial charge in [-0.25, -0.2) is 0 Å². The van der Waals surface area contributed by atoms with Gasteiger partial charge < -0.3 is 14.8 Å². The first-order valence-corrected chi connectivity index (χ1v) is 7.93. The molecule has 2 aromatic rings. The average Bonchev–Trinajstić information content (AvgIpc) is 3.24. The normalized spacial score (nSPS) is 18.3. The first-order chi connectivity index (χ1) is 11.3. The molecule has 3 rings (SSSR count). The van der Waals surface area contributed by atoms with Crippen molar-refractivity contribution in [3.8, 4) is 11.5 Å². The van der Waals surface area contributed by atoms with E-state index in [1.807, 2.05) is 12.1 Å². The molecule has 2 N–H and O–H groups in total. The summed E-state index contributed by atoms with van der Waals surface area (Å²) in [5.41, 5.74) is 2.34. The molecule has 1 atom stereocenters. The summed E-state index contributed by atoms with van der Waals surface area (Å²) in [4.78, 5) is 2.46. The summed E-state index contributed by atoms with van der Waals surface area (Å²) >= 11 is 0. The van der Waals surface area contributed by atoms with Crippen LogP contribution in [0.15, 0.2) is 30.5 Å². The number of nitrogens with one attached hydrogen (secondary N) is 2. The lowest BCUT2D eigenvalue weighted by Gasteiger charge is -2.17. The number of benzene rings is 1. The molecule has 0 spiro atoms. The van der Waals surface area contributed by atoms with E-state index in [4.69, 9.17) is 9.47 Å². The Morgan fingerprint density at radius 2 is 2.04 bits per heavy atom. The summed E-state index contributed by atoms with van der Waals surface area (Å²) < 4.78 is 10.7. The number of likely N-dealkylation sites (tertiary alicyclic amines) is 1. The fraction of sp³-hybridized carbons (Fsp3) is 0.471. The number of hydrogen-bond acceptors (Lipinski definition) is 5. The molecule has 1 aliphatic rings. The molecule has 1 aromatic carbocycles. The third kappa shape index (κ3) is 4.24. The van der Waals surface area contributed by atoms with E-state index >= 15 is 0 Å². The van der Waals surface area contributed by atoms with E-state index in [1.54, 1.807) is 20.4 Å². The molecule has 0 saturated carbocycles. The maximum absolute atomic E-state index is 5.34. The van der Waals surface area contributed by atoms with Gasteiger partial charge in [-0.15, -0.1) is 0 Å². The highest BCUT2D eigenvalue weighted by molar-refractivity contribution is 5.38. The van der Waals surface area contributed by atoms with Crippen LogP contribution in [0.25, 0.3) is 0 Å². The van der Waals surface area contributed by atoms with Crippen LogP contribution in [0.3, 0.4) is 0 Å². The minimum Gasteiger partial charge on any atom is -0.497 e. The highest BCUT2D eigenvalue weighted by Crippen LogP contribution is 2.24. The van der Waals surface area contributed by atoms with Crippen molar-refractivity contribution in [2.45, 2.75) is 25.6 Å². The van der Waals surface area contributed by atoms with Crippen molar-refractivity contribution in [1.29, 1.82) is 0 Å². The van der Waals surface area contributed by atoms with Crippen LogP contribution in [-0.2, 0) is 13.1 Å². The molecule has 0 radical (unpaired) electrons. The molecular formula is C17H24N4O2. The molecule has 1 fully saturated rings. The molecule has 0 aliphatic carbocycles. The molecule has 0 amide bonds. The standard InChI is InChI=1S/C17H24N4O2/c1-22-16-7-13(8-17(9-16)23-2)11-21-6-4-15(12-21)18-10-14-3-5-19-20-14/h3,5,7-9,15,18H,4,6,10-12H2,1-2H3,(H,19,20)/t15-/m1/s1. The first kappa shape index (κ1) is 15.8. The Bertz CT molecular complexity index is 593. The van der Waals surface area contributed by atoms with Crippen molar-refractivity contribution in [3.05, 3.63) is 41.7 Å². The molecule has 124 valence electrons. The number of nitrogens with zero attached hydrogens (tertiary/aromatic N) is 2. The van der Waals surface area contributed by atoms with Crippen molar-refractivity contribution in [3.63, 3.8) is 0 Å². The van der Waals surface area contributed by atoms with Crippen LogP contribution in [0.5, 0.6) is 11.5 Å². The zero-order chi connectivity index (χ0) is 16.1. The smallest absolute Gasteiger partial charge is 0.122 e. The molecule has 0 unspecified atom stereocenters. The van der Waals surface area contributed by atoms with Gasteiger partial charge in [0.15, 0.2) is 0 Å². The SMILES string of the molecule is COc1cc(CN2CC[C@@H](NCc3ccn[nH]3)C2)cc(OC)c1. The highest BCUT2D eigenvalue weighted by Gasteiger charge is 2.22. The monoisotopic (exact) mass is 316 g/mol. The molecule has 1 saturated heterocycles. The molecule has 1 aliphatic heterocycles. The fourth-order valence-corrected chi connectivity index (χ4v) is 3.00. The van der Waals surface area contributed by atoms with Gasteiger partial charge in [-0.1, -0.05) is 0 Å². The Hall–Kier alpha value is -2.05. The van der Waals surface area contributed by atoms with Gasteiger partial charge in [-0.3, -0.25) is 10.00 Å². The fourth-order valence-electron chi connectivity index (χ4n) is 3.00. The summed E-state index contributed by atoms with van der Waals surface area (Å²) in [7, 11) is 3.37. The van der Waals surface area contributed by atoms with Gasteiger partial charge in [0.1, 0.15) is 11.5 Å². The number of hydrogen-bond donors (Lipinski definition) is 2. The van der Waals surface area contributed by atoms with Crippen LogP contribution in [0, 0.1) is 0 Å². The second-order valence-electron chi connectivity index (χ2n) is 5.90. The van der Waals surface area contributed by atoms with E-state index < -0.39 is 0 Å². The number of aromatic amines is 1. The van der Waals surface area contributed by atoms with Gasteiger partial charge in [0.2, 0.25) is 0 Å². The van der Waals surface area contributed by atoms with Gasteiger partial charge in [0, 0.05) is 50.2 Å². The number of methoxy groups -OCH3 is 2. The molecule has 1 aromatic heterocycles. The Balaban J connectivity index is 1.53. The van der Waals surface area contributed by atoms with Crippen molar-refractivity contribution < 1.29 is 9.47 Å². The summed E-state index contributed by atoms with van der Waals surface area (Å²) in [6, 6.07) is 8.58. The molecule has 6 nitrogen and oxygen atoms in total. The van der Waals surface area contributed by atoms with Crippen molar-refractivity contribution in [1.82, 2.24) is 20.4 Å². The Morgan fingerprint density at radius 3 is 2.70 bits per heavy atom. The second kappa shape index (κ2) is 7.48. The van der Waals surface area contributed by atoms with Gasteiger partial charge in [-0.05, 0) is 30.2 Å². The van der Waals surface area contributed by atoms with Gasteiger partial charge in [0.05, 0.1) is 14.2 Å². The third-order valence-corrected chi connectivity index (χ3v) is 4.23. The average molecular weight is 316 g/mol. The first-order valence-electron chi connectivity index (χ1n) is 7.93. The summed E-state index contributed by atoms with van der Waals surface area (Å²) in [5.74, 6) is 1.68. The lowest BCUT2D eigenvalue weighted by atomic mass is 10.2. The molecule has 0 bridgehead atoms. The van der Waals surface area contributed by atoms with E-state index in [9.17, 15) is 0 Å². The number of aromatic nitrogens is 2. The largest absolute Gasteiger partial charge is 0.497 e. The van der Waals surface area contributed by atoms with Crippen molar-refractivity contribution >= 4 is 0 Å². The van der Waals surface area contributed by atoms with E-state index in [0.29, 0.717) is 6.04 Å². The molecular weight excluding hydrogens is 292 g/mol. The van der Waals surface area contributed by atoms with E-state index in [2.05, 4.69) is 32.5 Å². The maximum Gasteiger partial charge on any atom is 0.122 e. The van der Waals surface area contributed by atoms with Crippen molar-refractivity contribution in [2.24, 2.45) is 0 Å². The van der Waals surface area contributed by atoms with Crippen LogP contribution in [0.1, 0.15) is 17.7 Å². The van der Waals surface area contributed by atoms with Gasteiger partial charge >= 0.3 is 0 Å². The second-order valence-corrected chi connectivity index (χ2v) is 5.90. The predicted molar refractivity (Wildman–Crippen MR) is 88.7 cm³/mol. The van der Waals surface area contributed by atoms with E-state index in [1.165, 1.54) is 5.56 Å². The highest BCUT2D eigenvalue weighted by atomic mass is 16.5. The van der Waals surface area contributed by atoms with Crippen LogP contribution in [0.2, 0.25) is 0 Å². The molecule has 6 heteroatoms. The Kier molecular flexibility index (Phi) is 5.15. The molecule has 2 heterocycles. The zero-order valence-electron chi connectivity index (χ0n) is 13.7. The minimum absolute atomic E-state index is 0.519. The Morgan fingerprint density at radius 1 is 1.26 bits per heavy atom. The third-order valence-electron chi connectivity index (χ3n) is 4.23. The Labute approximate surface area is 136 Å². The van der Waals surface area contributed by atoms with Crippen LogP contribution in [0.4, 0.5) is 0 Å². The van der Waals surface area contributed by atoms with Crippen LogP contribution < -0.4 is 14.8 Å². The zero-order valence-corrected chi connectivity index (χ0v) is 13.7. The topological polar surface area (TPSA) is 62.4 Å². The number of H-pyrrole nitrogens is 1. The van der Waals surface area contributed by atoms with Gasteiger partial charge in [-0.2, -0.15) is 5.10 Å². The van der Waals surface area contributed by atoms with Crippen molar-refractivity contribution in [2.75, 3.05) is 27.3 Å². The van der Waals surface area contributed by atoms with Crippen LogP contribution in [-0.4, -0.2) is 48.4 Å². The maximum atomic E-state index is 5.34. The lowest BCUT2D eigenvalue weighted by Crippen LogP contribution is -2.32. The quantitative estimate of drug-likeness (QED) is 0.815. The lowest BCUT2D eigenvalue weighted by molar-refractivity contribution is 0.317. The van der Waals surface area contributed by atoms with E-state index in [0.717, 1.165) is 49.8 Å². The number of rotatable bonds is 7. The van der Waals surface area contributed by atoms with Crippen LogP contribution >= 0.6 is 0 Å². The minimum atomic E-state index is 0.519. The van der Waals surface area contributed by atoms with Gasteiger partial charge in [0.25, 0.3) is 0 Å². The number of ether oxygens (including phenoxy) is 2. The summed E-state index contributed by atoms with van der Waals surface area (Å²) in [6.45, 7) is 3.90. The molecule has 23 heavy (non-hydrogen) atoms. The summed E-state index contributed by atoms with van der Waals surface area (Å²) in [5, 5.41) is 10.5. The summed E-state index contributed by atoms with van der Waals surface area (Å²) in [6.07, 6.45) is 2.95. The van der Waals surface area contributed by atoms with E-state index in [-0.39, 0.29) is 0 Å².